The lowest BCUT2D eigenvalue weighted by Gasteiger charge is -2.49. The zero-order valence-electron chi connectivity index (χ0n) is 28.0. The molecule has 274 valence electrons. The summed E-state index contributed by atoms with van der Waals surface area (Å²) in [5, 5.41) is 24.9. The Morgan fingerprint density at radius 1 is 0.920 bits per heavy atom. The number of piperidine rings is 1. The van der Waals surface area contributed by atoms with E-state index in [-0.39, 0.29) is 42.3 Å². The molecule has 0 radical (unpaired) electrons. The molecule has 16 heteroatoms. The molecule has 2 fully saturated rings. The van der Waals surface area contributed by atoms with Crippen LogP contribution in [0.25, 0.3) is 11.1 Å². The second kappa shape index (κ2) is 15.2. The Morgan fingerprint density at radius 3 is 1.94 bits per heavy atom. The molecule has 0 spiro atoms. The molecule has 5 rings (SSSR count). The van der Waals surface area contributed by atoms with Crippen LogP contribution in [0.15, 0.2) is 43.0 Å². The SMILES string of the molecule is CC[C@@H]1C[C@H](N(Cc2cc(C(F)(F)F)cc(C(F)(F)F)c2)c2ncc(-c3cnn(C)c3)cn2)C[C@H](CC)N1C(O)O[C@H]1CC[C@H](C(=O)O)CC1. The fraction of sp³-hybridized carbons (Fsp3) is 0.588. The first-order valence-electron chi connectivity index (χ1n) is 16.8. The Kier molecular flexibility index (Phi) is 11.4. The van der Waals surface area contributed by atoms with E-state index in [0.29, 0.717) is 56.9 Å². The van der Waals surface area contributed by atoms with E-state index >= 15 is 0 Å². The summed E-state index contributed by atoms with van der Waals surface area (Å²) in [5.74, 6) is -1.15. The molecule has 1 aliphatic heterocycles. The lowest BCUT2D eigenvalue weighted by molar-refractivity contribution is -0.252. The van der Waals surface area contributed by atoms with E-state index in [1.54, 1.807) is 41.4 Å². The second-order valence-corrected chi connectivity index (χ2v) is 13.2. The summed E-state index contributed by atoms with van der Waals surface area (Å²) < 4.78 is 90.6. The summed E-state index contributed by atoms with van der Waals surface area (Å²) in [6.45, 7) is 3.54. The highest BCUT2D eigenvalue weighted by molar-refractivity contribution is 5.70. The van der Waals surface area contributed by atoms with E-state index < -0.39 is 47.8 Å². The Balaban J connectivity index is 1.45. The van der Waals surface area contributed by atoms with E-state index in [1.807, 2.05) is 18.7 Å². The maximum absolute atomic E-state index is 13.8. The molecule has 1 saturated heterocycles. The number of carboxylic acids is 1. The van der Waals surface area contributed by atoms with Gasteiger partial charge in [0.25, 0.3) is 0 Å². The van der Waals surface area contributed by atoms with Gasteiger partial charge in [0.2, 0.25) is 12.4 Å². The van der Waals surface area contributed by atoms with Gasteiger partial charge < -0.3 is 19.8 Å². The number of hydrogen-bond donors (Lipinski definition) is 2. The molecule has 1 unspecified atom stereocenters. The molecule has 3 aromatic rings. The number of nitrogens with zero attached hydrogens (tertiary/aromatic N) is 6. The summed E-state index contributed by atoms with van der Waals surface area (Å²) in [6, 6.07) is 0.607. The lowest BCUT2D eigenvalue weighted by atomic mass is 9.87. The van der Waals surface area contributed by atoms with Gasteiger partial charge in [-0.15, -0.1) is 0 Å². The average molecular weight is 713 g/mol. The minimum atomic E-state index is -5.00. The summed E-state index contributed by atoms with van der Waals surface area (Å²) in [7, 11) is 1.75. The van der Waals surface area contributed by atoms with Crippen molar-refractivity contribution in [3.8, 4) is 11.1 Å². The van der Waals surface area contributed by atoms with Gasteiger partial charge >= 0.3 is 18.3 Å². The molecule has 2 aromatic heterocycles. The van der Waals surface area contributed by atoms with Crippen LogP contribution in [0.3, 0.4) is 0 Å². The van der Waals surface area contributed by atoms with Gasteiger partial charge in [-0.25, -0.2) is 14.9 Å². The smallest absolute Gasteiger partial charge is 0.416 e. The first-order valence-corrected chi connectivity index (χ1v) is 16.8. The number of aliphatic hydroxyl groups excluding tert-OH is 1. The number of rotatable bonds is 11. The monoisotopic (exact) mass is 712 g/mol. The van der Waals surface area contributed by atoms with Gasteiger partial charge in [0.15, 0.2) is 0 Å². The number of carbonyl (C=O) groups is 1. The topological polar surface area (TPSA) is 117 Å². The van der Waals surface area contributed by atoms with Crippen molar-refractivity contribution in [2.75, 3.05) is 4.90 Å². The maximum atomic E-state index is 13.8. The maximum Gasteiger partial charge on any atom is 0.416 e. The first-order chi connectivity index (χ1) is 23.6. The van der Waals surface area contributed by atoms with E-state index in [2.05, 4.69) is 15.1 Å². The molecule has 3 heterocycles. The van der Waals surface area contributed by atoms with Crippen LogP contribution >= 0.6 is 0 Å². The van der Waals surface area contributed by atoms with E-state index in [0.717, 1.165) is 17.7 Å². The number of likely N-dealkylation sites (tertiary alicyclic amines) is 1. The normalized spacial score (nSPS) is 24.2. The second-order valence-electron chi connectivity index (χ2n) is 13.2. The van der Waals surface area contributed by atoms with Crippen LogP contribution in [0.4, 0.5) is 32.3 Å². The molecule has 50 heavy (non-hydrogen) atoms. The van der Waals surface area contributed by atoms with Crippen molar-refractivity contribution in [2.45, 2.75) is 115 Å². The number of halogens is 6. The van der Waals surface area contributed by atoms with Gasteiger partial charge in [0, 0.05) is 61.4 Å². The van der Waals surface area contributed by atoms with E-state index in [1.165, 1.54) is 0 Å². The third-order valence-electron chi connectivity index (χ3n) is 9.84. The Hall–Kier alpha value is -3.76. The summed E-state index contributed by atoms with van der Waals surface area (Å²) in [5.41, 5.74) is -1.64. The van der Waals surface area contributed by atoms with Crippen LogP contribution < -0.4 is 4.90 Å². The van der Waals surface area contributed by atoms with Crippen LogP contribution in [0.2, 0.25) is 0 Å². The van der Waals surface area contributed by atoms with Crippen molar-refractivity contribution in [3.63, 3.8) is 0 Å². The number of alkyl halides is 6. The predicted octanol–water partition coefficient (Wildman–Crippen LogP) is 6.88. The highest BCUT2D eigenvalue weighted by Crippen LogP contribution is 2.39. The average Bonchev–Trinajstić information content (AvgIpc) is 3.52. The zero-order chi connectivity index (χ0) is 36.4. The van der Waals surface area contributed by atoms with Crippen molar-refractivity contribution in [3.05, 3.63) is 59.7 Å². The van der Waals surface area contributed by atoms with Crippen molar-refractivity contribution < 1.29 is 46.1 Å². The highest BCUT2D eigenvalue weighted by Gasteiger charge is 2.42. The largest absolute Gasteiger partial charge is 0.481 e. The molecule has 2 aliphatic rings. The predicted molar refractivity (Wildman–Crippen MR) is 170 cm³/mol. The van der Waals surface area contributed by atoms with Gasteiger partial charge in [-0.05, 0) is 75.1 Å². The molecule has 1 saturated carbocycles. The molecule has 0 amide bonds. The van der Waals surface area contributed by atoms with Gasteiger partial charge in [-0.3, -0.25) is 9.48 Å². The third kappa shape index (κ3) is 8.75. The number of aliphatic carboxylic acids is 1. The summed E-state index contributed by atoms with van der Waals surface area (Å²) >= 11 is 0. The highest BCUT2D eigenvalue weighted by atomic mass is 19.4. The molecule has 2 N–H and O–H groups in total. The molecule has 4 atom stereocenters. The third-order valence-corrected chi connectivity index (χ3v) is 9.84. The van der Waals surface area contributed by atoms with Gasteiger partial charge in [-0.2, -0.15) is 31.4 Å². The Bertz CT molecular complexity index is 1550. The van der Waals surface area contributed by atoms with E-state index in [4.69, 9.17) is 4.74 Å². The standard InChI is InChI=1S/C34H42F6N6O4/c1-4-26-13-28(14-27(5-2)46(26)32(49)50-29-8-6-21(7-9-29)30(47)48)45(31-41-15-22(16-42-31)23-17-43-44(3)19-23)18-20-10-24(33(35,36)37)12-25(11-20)34(38,39)40/h10-12,15-17,19,21,26-29,32,49H,4-9,13-14,18H2,1-3H3,(H,47,48)/t21-,26-,27+,28+,29-,32?. The van der Waals surface area contributed by atoms with Crippen LogP contribution in [-0.4, -0.2) is 71.5 Å². The Morgan fingerprint density at radius 2 is 1.48 bits per heavy atom. The molecule has 10 nitrogen and oxygen atoms in total. The van der Waals surface area contributed by atoms with Crippen LogP contribution in [0.1, 0.15) is 81.9 Å². The number of anilines is 1. The number of aromatic nitrogens is 4. The number of hydrogen-bond acceptors (Lipinski definition) is 8. The van der Waals surface area contributed by atoms with Gasteiger partial charge in [-0.1, -0.05) is 13.8 Å². The van der Waals surface area contributed by atoms with Crippen LogP contribution in [-0.2, 0) is 35.5 Å². The van der Waals surface area contributed by atoms with Crippen molar-refractivity contribution in [1.82, 2.24) is 24.6 Å². The van der Waals surface area contributed by atoms with Gasteiger partial charge in [0.1, 0.15) is 0 Å². The van der Waals surface area contributed by atoms with Crippen LogP contribution in [0.5, 0.6) is 0 Å². The lowest BCUT2D eigenvalue weighted by Crippen LogP contribution is -2.59. The zero-order valence-corrected chi connectivity index (χ0v) is 28.0. The minimum absolute atomic E-state index is 0.112. The van der Waals surface area contributed by atoms with Gasteiger partial charge in [0.05, 0.1) is 29.3 Å². The number of aliphatic hydroxyl groups is 1. The number of ether oxygens (including phenoxy) is 1. The Labute approximate surface area is 286 Å². The minimum Gasteiger partial charge on any atom is -0.481 e. The quantitative estimate of drug-likeness (QED) is 0.162. The fourth-order valence-corrected chi connectivity index (χ4v) is 7.18. The van der Waals surface area contributed by atoms with Crippen molar-refractivity contribution in [2.24, 2.45) is 13.0 Å². The van der Waals surface area contributed by atoms with Crippen molar-refractivity contribution >= 4 is 11.9 Å². The molecular formula is C34H42F6N6O4. The summed E-state index contributed by atoms with van der Waals surface area (Å²) in [6.07, 6.45) is -1.35. The molecule has 1 aromatic carbocycles. The first kappa shape index (κ1) is 37.5. The molecule has 1 aliphatic carbocycles. The molecule has 0 bridgehead atoms. The fourth-order valence-electron chi connectivity index (χ4n) is 7.18. The van der Waals surface area contributed by atoms with Crippen LogP contribution in [0, 0.1) is 5.92 Å². The molecular weight excluding hydrogens is 670 g/mol. The number of benzene rings is 1. The van der Waals surface area contributed by atoms with Crippen molar-refractivity contribution in [1.29, 1.82) is 0 Å². The summed E-state index contributed by atoms with van der Waals surface area (Å²) in [4.78, 5) is 24.0. The number of carboxylic acid groups (broad SMARTS) is 1. The number of aryl methyl sites for hydroxylation is 1. The van der Waals surface area contributed by atoms with E-state index in [9.17, 15) is 41.4 Å².